The largest absolute Gasteiger partial charge is 0.372 e. The van der Waals surface area contributed by atoms with Gasteiger partial charge in [-0.05, 0) is 30.5 Å². The molecule has 1 fully saturated rings. The van der Waals surface area contributed by atoms with Crippen molar-refractivity contribution < 1.29 is 4.74 Å². The van der Waals surface area contributed by atoms with E-state index in [9.17, 15) is 0 Å². The molecule has 2 atom stereocenters. The lowest BCUT2D eigenvalue weighted by Crippen LogP contribution is -2.34. The van der Waals surface area contributed by atoms with Gasteiger partial charge in [-0.15, -0.1) is 0 Å². The Bertz CT molecular complexity index is 263. The number of nitrogens with zero attached hydrogens (tertiary/aromatic N) is 1. The van der Waals surface area contributed by atoms with Crippen LogP contribution in [0.5, 0.6) is 0 Å². The fraction of sp³-hybridized carbons (Fsp3) is 0.500. The molecule has 1 aliphatic rings. The van der Waals surface area contributed by atoms with E-state index in [-0.39, 0.29) is 12.1 Å². The summed E-state index contributed by atoms with van der Waals surface area (Å²) in [6.07, 6.45) is 5.74. The Morgan fingerprint density at radius 1 is 1.38 bits per heavy atom. The molecule has 1 aromatic rings. The van der Waals surface area contributed by atoms with Gasteiger partial charge in [0.1, 0.15) is 0 Å². The monoisotopic (exact) mass is 178 g/mol. The zero-order valence-corrected chi connectivity index (χ0v) is 7.52. The quantitative estimate of drug-likeness (QED) is 0.704. The number of nitrogens with two attached hydrogens (primary N) is 1. The van der Waals surface area contributed by atoms with Crippen LogP contribution in [0, 0.1) is 0 Å². The highest BCUT2D eigenvalue weighted by molar-refractivity contribution is 5.15. The molecule has 0 saturated carbocycles. The van der Waals surface area contributed by atoms with Crippen molar-refractivity contribution in [3.05, 3.63) is 30.1 Å². The van der Waals surface area contributed by atoms with Gasteiger partial charge >= 0.3 is 0 Å². The number of aromatic nitrogens is 1. The smallest absolute Gasteiger partial charge is 0.0976 e. The lowest BCUT2D eigenvalue weighted by atomic mass is 9.98. The van der Waals surface area contributed by atoms with Crippen LogP contribution in [0.3, 0.4) is 0 Å². The molecule has 70 valence electrons. The summed E-state index contributed by atoms with van der Waals surface area (Å²) in [5, 5.41) is 0. The fourth-order valence-electron chi connectivity index (χ4n) is 1.70. The molecule has 1 aliphatic heterocycles. The van der Waals surface area contributed by atoms with E-state index < -0.39 is 0 Å². The number of hydrogen-bond acceptors (Lipinski definition) is 3. The second-order valence-electron chi connectivity index (χ2n) is 3.38. The number of ether oxygens (including phenoxy) is 1. The zero-order chi connectivity index (χ0) is 9.10. The molecule has 1 aromatic heterocycles. The second-order valence-corrected chi connectivity index (χ2v) is 3.38. The minimum absolute atomic E-state index is 0.0664. The maximum atomic E-state index is 5.97. The molecule has 13 heavy (non-hydrogen) atoms. The summed E-state index contributed by atoms with van der Waals surface area (Å²) in [5.74, 6) is 0. The zero-order valence-electron chi connectivity index (χ0n) is 7.52. The normalized spacial score (nSPS) is 28.7. The molecule has 0 bridgehead atoms. The van der Waals surface area contributed by atoms with Gasteiger partial charge in [0.25, 0.3) is 0 Å². The Morgan fingerprint density at radius 3 is 2.85 bits per heavy atom. The molecule has 2 N–H and O–H groups in total. The van der Waals surface area contributed by atoms with Gasteiger partial charge < -0.3 is 10.5 Å². The van der Waals surface area contributed by atoms with Crippen molar-refractivity contribution in [2.45, 2.75) is 25.0 Å². The van der Waals surface area contributed by atoms with Crippen molar-refractivity contribution in [2.75, 3.05) is 6.61 Å². The van der Waals surface area contributed by atoms with Crippen LogP contribution in [0.1, 0.15) is 24.5 Å². The van der Waals surface area contributed by atoms with E-state index in [1.807, 2.05) is 12.1 Å². The number of hydrogen-bond donors (Lipinski definition) is 1. The predicted molar refractivity (Wildman–Crippen MR) is 50.1 cm³/mol. The molecule has 0 spiro atoms. The first-order valence-electron chi connectivity index (χ1n) is 4.65. The molecule has 3 nitrogen and oxygen atoms in total. The van der Waals surface area contributed by atoms with Crippen molar-refractivity contribution in [3.63, 3.8) is 0 Å². The van der Waals surface area contributed by atoms with Gasteiger partial charge in [0.2, 0.25) is 0 Å². The van der Waals surface area contributed by atoms with E-state index in [2.05, 4.69) is 4.98 Å². The summed E-state index contributed by atoms with van der Waals surface area (Å²) in [6, 6.07) is 4.07. The van der Waals surface area contributed by atoms with Crippen molar-refractivity contribution in [3.8, 4) is 0 Å². The molecule has 0 aliphatic carbocycles. The van der Waals surface area contributed by atoms with E-state index >= 15 is 0 Å². The van der Waals surface area contributed by atoms with Gasteiger partial charge in [-0.1, -0.05) is 0 Å². The first kappa shape index (κ1) is 8.66. The Kier molecular flexibility index (Phi) is 2.57. The minimum atomic E-state index is 0.0664. The molecule has 3 heteroatoms. The fourth-order valence-corrected chi connectivity index (χ4v) is 1.70. The van der Waals surface area contributed by atoms with Gasteiger partial charge in [0.05, 0.1) is 6.10 Å². The first-order chi connectivity index (χ1) is 6.38. The Morgan fingerprint density at radius 2 is 2.15 bits per heavy atom. The summed E-state index contributed by atoms with van der Waals surface area (Å²) in [4.78, 5) is 3.97. The Hall–Kier alpha value is -0.930. The summed E-state index contributed by atoms with van der Waals surface area (Å²) in [7, 11) is 0. The highest BCUT2D eigenvalue weighted by atomic mass is 16.5. The lowest BCUT2D eigenvalue weighted by molar-refractivity contribution is 0.000101. The standard InChI is InChI=1S/C10H14N2O/c11-9-2-1-7-13-10(9)8-3-5-12-6-4-8/h3-6,9-10H,1-2,7,11H2/t9-,10+/m1/s1. The maximum Gasteiger partial charge on any atom is 0.0976 e. The van der Waals surface area contributed by atoms with E-state index in [0.29, 0.717) is 0 Å². The van der Waals surface area contributed by atoms with Crippen LogP contribution in [0.4, 0.5) is 0 Å². The summed E-state index contributed by atoms with van der Waals surface area (Å²) >= 11 is 0. The molecule has 2 rings (SSSR count). The van der Waals surface area contributed by atoms with E-state index in [1.54, 1.807) is 12.4 Å². The van der Waals surface area contributed by atoms with Crippen molar-refractivity contribution in [1.29, 1.82) is 0 Å². The Balaban J connectivity index is 2.15. The number of rotatable bonds is 1. The summed E-state index contributed by atoms with van der Waals surface area (Å²) < 4.78 is 5.62. The lowest BCUT2D eigenvalue weighted by Gasteiger charge is -2.29. The van der Waals surface area contributed by atoms with Crippen LogP contribution in [0.15, 0.2) is 24.5 Å². The third-order valence-electron chi connectivity index (χ3n) is 2.40. The first-order valence-corrected chi connectivity index (χ1v) is 4.65. The highest BCUT2D eigenvalue weighted by Crippen LogP contribution is 2.26. The second kappa shape index (κ2) is 3.85. The van der Waals surface area contributed by atoms with Crippen molar-refractivity contribution in [2.24, 2.45) is 5.73 Å². The molecule has 1 saturated heterocycles. The molecule has 2 heterocycles. The third kappa shape index (κ3) is 1.87. The molecule has 0 aromatic carbocycles. The van der Waals surface area contributed by atoms with E-state index in [1.165, 1.54) is 0 Å². The topological polar surface area (TPSA) is 48.1 Å². The third-order valence-corrected chi connectivity index (χ3v) is 2.40. The van der Waals surface area contributed by atoms with Crippen LogP contribution in [0.25, 0.3) is 0 Å². The van der Waals surface area contributed by atoms with Gasteiger partial charge in [-0.3, -0.25) is 4.98 Å². The summed E-state index contributed by atoms with van der Waals surface area (Å²) in [5.41, 5.74) is 7.11. The molecular formula is C10H14N2O. The average molecular weight is 178 g/mol. The predicted octanol–water partition coefficient (Wildman–Crippen LogP) is 1.26. The number of pyridine rings is 1. The molecule has 0 radical (unpaired) electrons. The van der Waals surface area contributed by atoms with Crippen LogP contribution in [-0.4, -0.2) is 17.6 Å². The van der Waals surface area contributed by atoms with Crippen LogP contribution in [-0.2, 0) is 4.74 Å². The van der Waals surface area contributed by atoms with Gasteiger partial charge in [-0.25, -0.2) is 0 Å². The van der Waals surface area contributed by atoms with E-state index in [0.717, 1.165) is 25.0 Å². The summed E-state index contributed by atoms with van der Waals surface area (Å²) in [6.45, 7) is 0.820. The Labute approximate surface area is 77.9 Å². The molecule has 0 unspecified atom stereocenters. The van der Waals surface area contributed by atoms with Gasteiger partial charge in [0, 0.05) is 25.0 Å². The maximum absolute atomic E-state index is 5.97. The van der Waals surface area contributed by atoms with Gasteiger partial charge in [-0.2, -0.15) is 0 Å². The SMILES string of the molecule is N[C@@H]1CCCO[C@H]1c1ccncc1. The van der Waals surface area contributed by atoms with E-state index in [4.69, 9.17) is 10.5 Å². The average Bonchev–Trinajstić information content (AvgIpc) is 2.20. The minimum Gasteiger partial charge on any atom is -0.372 e. The molecule has 0 amide bonds. The van der Waals surface area contributed by atoms with Crippen molar-refractivity contribution in [1.82, 2.24) is 4.98 Å². The van der Waals surface area contributed by atoms with Crippen LogP contribution in [0.2, 0.25) is 0 Å². The highest BCUT2D eigenvalue weighted by Gasteiger charge is 2.23. The molecular weight excluding hydrogens is 164 g/mol. The van der Waals surface area contributed by atoms with Crippen LogP contribution >= 0.6 is 0 Å². The van der Waals surface area contributed by atoms with Gasteiger partial charge in [0.15, 0.2) is 0 Å². The van der Waals surface area contributed by atoms with Crippen LogP contribution < -0.4 is 5.73 Å². The van der Waals surface area contributed by atoms with Crippen molar-refractivity contribution >= 4 is 0 Å².